The Morgan fingerprint density at radius 2 is 1.16 bits per heavy atom. The Morgan fingerprint density at radius 3 is 1.66 bits per heavy atom. The van der Waals surface area contributed by atoms with Crippen LogP contribution in [0.25, 0.3) is 0 Å². The maximum atomic E-state index is 13.3. The van der Waals surface area contributed by atoms with Crippen molar-refractivity contribution in [1.29, 1.82) is 0 Å². The molecule has 0 amide bonds. The van der Waals surface area contributed by atoms with Crippen molar-refractivity contribution >= 4 is 10.8 Å². The van der Waals surface area contributed by atoms with Gasteiger partial charge < -0.3 is 47.4 Å². The number of benzene rings is 3. The van der Waals surface area contributed by atoms with Crippen LogP contribution < -0.4 is 23.7 Å². The van der Waals surface area contributed by atoms with Crippen molar-refractivity contribution in [3.05, 3.63) is 78.4 Å². The average molecular weight is 631 g/mol. The first kappa shape index (κ1) is 32.0. The predicted molar refractivity (Wildman–Crippen MR) is 161 cm³/mol. The van der Waals surface area contributed by atoms with E-state index in [0.29, 0.717) is 28.8 Å². The molecule has 5 rings (SSSR count). The lowest BCUT2D eigenvalue weighted by Gasteiger charge is -2.48. The highest BCUT2D eigenvalue weighted by Gasteiger charge is 2.53. The van der Waals surface area contributed by atoms with Crippen LogP contribution in [-0.2, 0) is 34.5 Å². The quantitative estimate of drug-likeness (QED) is 0.236. The minimum absolute atomic E-state index is 0.123. The zero-order valence-electron chi connectivity index (χ0n) is 25.1. The van der Waals surface area contributed by atoms with Gasteiger partial charge in [0.1, 0.15) is 53.2 Å². The number of methoxy groups -OCH3 is 3. The first-order valence-electron chi connectivity index (χ1n) is 14.2. The molecule has 7 atom stereocenters. The first-order valence-corrected chi connectivity index (χ1v) is 15.6. The van der Waals surface area contributed by atoms with Crippen LogP contribution in [0, 0.1) is 0 Å². The number of fused-ring (bicyclic) bond motifs is 1. The zero-order valence-corrected chi connectivity index (χ0v) is 25.9. The summed E-state index contributed by atoms with van der Waals surface area (Å²) >= 11 is 0. The van der Waals surface area contributed by atoms with E-state index < -0.39 is 46.9 Å². The largest absolute Gasteiger partial charge is 0.497 e. The average Bonchev–Trinajstić information content (AvgIpc) is 3.08. The van der Waals surface area contributed by atoms with Crippen LogP contribution >= 0.6 is 0 Å². The van der Waals surface area contributed by atoms with Crippen LogP contribution in [-0.4, -0.2) is 81.3 Å². The van der Waals surface area contributed by atoms with E-state index >= 15 is 0 Å². The molecule has 0 unspecified atom stereocenters. The van der Waals surface area contributed by atoms with Crippen molar-refractivity contribution < 1.29 is 51.6 Å². The summed E-state index contributed by atoms with van der Waals surface area (Å²) in [5.74, 6) is 3.66. The maximum Gasteiger partial charge on any atom is 0.189 e. The van der Waals surface area contributed by atoms with Gasteiger partial charge in [-0.3, -0.25) is 4.21 Å². The van der Waals surface area contributed by atoms with E-state index in [9.17, 15) is 4.21 Å². The molecule has 0 aliphatic carbocycles. The van der Waals surface area contributed by atoms with Gasteiger partial charge in [-0.05, 0) is 60.7 Å². The van der Waals surface area contributed by atoms with E-state index in [-0.39, 0.29) is 20.2 Å². The summed E-state index contributed by atoms with van der Waals surface area (Å²) in [6.07, 6.45) is -3.44. The SMILES string of the molecule is CC[S@](=O)[C@@H]1O[C@@H]2CO[C@H](c3ccc(OC)cc3)O[C@@H]2[C@H](OCOc2ccc(OC)cc2)[C@H]1OCOc1ccc(OC)cc1. The maximum absolute atomic E-state index is 13.3. The second-order valence-corrected chi connectivity index (χ2v) is 11.7. The smallest absolute Gasteiger partial charge is 0.189 e. The van der Waals surface area contributed by atoms with E-state index in [2.05, 4.69) is 0 Å². The lowest BCUT2D eigenvalue weighted by atomic mass is 9.98. The molecule has 2 saturated heterocycles. The molecule has 44 heavy (non-hydrogen) atoms. The highest BCUT2D eigenvalue weighted by atomic mass is 32.2. The Hall–Kier alpha value is -3.39. The Bertz CT molecular complexity index is 1320. The summed E-state index contributed by atoms with van der Waals surface area (Å²) in [7, 11) is 3.40. The molecular formula is C32H38O11S. The normalized spacial score (nSPS) is 25.4. The van der Waals surface area contributed by atoms with Crippen molar-refractivity contribution in [2.24, 2.45) is 0 Å². The van der Waals surface area contributed by atoms with Crippen LogP contribution in [0.1, 0.15) is 18.8 Å². The third kappa shape index (κ3) is 7.81. The lowest BCUT2D eigenvalue weighted by molar-refractivity contribution is -0.334. The summed E-state index contributed by atoms with van der Waals surface area (Å²) < 4.78 is 72.2. The van der Waals surface area contributed by atoms with Gasteiger partial charge in [0.15, 0.2) is 25.3 Å². The van der Waals surface area contributed by atoms with Crippen LogP contribution in [0.2, 0.25) is 0 Å². The van der Waals surface area contributed by atoms with Crippen LogP contribution in [0.4, 0.5) is 0 Å². The second-order valence-electron chi connectivity index (χ2n) is 9.89. The van der Waals surface area contributed by atoms with Crippen LogP contribution in [0.15, 0.2) is 72.8 Å². The molecular weight excluding hydrogens is 592 g/mol. The van der Waals surface area contributed by atoms with Crippen molar-refractivity contribution in [1.82, 2.24) is 0 Å². The minimum Gasteiger partial charge on any atom is -0.497 e. The van der Waals surface area contributed by atoms with Gasteiger partial charge in [0.2, 0.25) is 0 Å². The fourth-order valence-electron chi connectivity index (χ4n) is 4.92. The molecule has 0 saturated carbocycles. The third-order valence-electron chi connectivity index (χ3n) is 7.31. The van der Waals surface area contributed by atoms with E-state index in [4.69, 9.17) is 47.4 Å². The molecule has 2 heterocycles. The van der Waals surface area contributed by atoms with E-state index in [1.807, 2.05) is 31.2 Å². The Labute approximate surface area is 259 Å². The fourth-order valence-corrected chi connectivity index (χ4v) is 6.05. The van der Waals surface area contributed by atoms with Crippen LogP contribution in [0.5, 0.6) is 28.7 Å². The van der Waals surface area contributed by atoms with Gasteiger partial charge in [-0.15, -0.1) is 0 Å². The summed E-state index contributed by atoms with van der Waals surface area (Å²) in [5.41, 5.74) is -0.0199. The van der Waals surface area contributed by atoms with Gasteiger partial charge in [0.05, 0.1) is 38.7 Å². The minimum atomic E-state index is -1.40. The monoisotopic (exact) mass is 630 g/mol. The summed E-state index contributed by atoms with van der Waals surface area (Å²) in [6, 6.07) is 21.7. The summed E-state index contributed by atoms with van der Waals surface area (Å²) in [4.78, 5) is 0. The molecule has 12 heteroatoms. The molecule has 0 bridgehead atoms. The number of ether oxygens (including phenoxy) is 10. The van der Waals surface area contributed by atoms with Crippen molar-refractivity contribution in [3.63, 3.8) is 0 Å². The Kier molecular flexibility index (Phi) is 11.3. The highest BCUT2D eigenvalue weighted by Crippen LogP contribution is 2.38. The van der Waals surface area contributed by atoms with Gasteiger partial charge in [0.25, 0.3) is 0 Å². The lowest BCUT2D eigenvalue weighted by Crippen LogP contribution is -2.64. The summed E-state index contributed by atoms with van der Waals surface area (Å²) in [6.45, 7) is 1.76. The van der Waals surface area contributed by atoms with E-state index in [1.54, 1.807) is 69.9 Å². The first-order chi connectivity index (χ1) is 21.5. The van der Waals surface area contributed by atoms with Gasteiger partial charge >= 0.3 is 0 Å². The molecule has 0 spiro atoms. The molecule has 2 fully saturated rings. The number of rotatable bonds is 14. The topological polar surface area (TPSA) is 109 Å². The number of hydrogen-bond acceptors (Lipinski definition) is 11. The third-order valence-corrected chi connectivity index (χ3v) is 8.77. The molecule has 0 radical (unpaired) electrons. The van der Waals surface area contributed by atoms with Gasteiger partial charge in [0, 0.05) is 11.3 Å². The molecule has 3 aromatic carbocycles. The highest BCUT2D eigenvalue weighted by molar-refractivity contribution is 7.85. The Balaban J connectivity index is 1.36. The standard InChI is InChI=1S/C32H38O11S/c1-5-44(33)32-30(41-20-39-26-16-12-24(36-4)13-17-26)29(40-19-38-25-14-10-23(35-3)11-15-25)28-27(42-32)18-37-31(43-28)21-6-8-22(34-2)9-7-21/h6-17,27-32H,5,18-20H2,1-4H3/t27-,28+,29+,30-,31+,32+,44+/m1/s1. The van der Waals surface area contributed by atoms with Gasteiger partial charge in [-0.25, -0.2) is 0 Å². The predicted octanol–water partition coefficient (Wildman–Crippen LogP) is 4.46. The Morgan fingerprint density at radius 1 is 0.682 bits per heavy atom. The number of hydrogen-bond donors (Lipinski definition) is 0. The van der Waals surface area contributed by atoms with Gasteiger partial charge in [-0.2, -0.15) is 0 Å². The second kappa shape index (κ2) is 15.6. The van der Waals surface area contributed by atoms with Crippen molar-refractivity contribution in [2.75, 3.05) is 47.3 Å². The molecule has 0 N–H and O–H groups in total. The fraction of sp³-hybridized carbons (Fsp3) is 0.438. The molecule has 11 nitrogen and oxygen atoms in total. The van der Waals surface area contributed by atoms with Crippen molar-refractivity contribution in [3.8, 4) is 28.7 Å². The summed E-state index contributed by atoms with van der Waals surface area (Å²) in [5, 5.41) is 0. The molecule has 2 aliphatic heterocycles. The molecule has 238 valence electrons. The van der Waals surface area contributed by atoms with Gasteiger partial charge in [-0.1, -0.05) is 19.1 Å². The molecule has 2 aliphatic rings. The van der Waals surface area contributed by atoms with Crippen molar-refractivity contribution in [2.45, 2.75) is 43.1 Å². The van der Waals surface area contributed by atoms with E-state index in [1.165, 1.54) is 0 Å². The molecule has 0 aromatic heterocycles. The molecule has 3 aromatic rings. The zero-order chi connectivity index (χ0) is 30.9. The van der Waals surface area contributed by atoms with E-state index in [0.717, 1.165) is 11.3 Å². The van der Waals surface area contributed by atoms with Crippen LogP contribution in [0.3, 0.4) is 0 Å².